The summed E-state index contributed by atoms with van der Waals surface area (Å²) in [6.07, 6.45) is 2.46. The molecule has 2 rings (SSSR count). The van der Waals surface area contributed by atoms with E-state index in [-0.39, 0.29) is 0 Å². The van der Waals surface area contributed by atoms with Crippen molar-refractivity contribution in [2.75, 3.05) is 11.9 Å². The van der Waals surface area contributed by atoms with Crippen molar-refractivity contribution in [1.82, 2.24) is 0 Å². The largest absolute Gasteiger partial charge is 0.334 e. The summed E-state index contributed by atoms with van der Waals surface area (Å²) in [5.74, 6) is 0.761. The van der Waals surface area contributed by atoms with Crippen molar-refractivity contribution in [2.24, 2.45) is 10.9 Å². The van der Waals surface area contributed by atoms with Gasteiger partial charge < -0.3 is 5.32 Å². The third kappa shape index (κ3) is 4.02. The van der Waals surface area contributed by atoms with Crippen LogP contribution in [-0.4, -0.2) is 17.0 Å². The van der Waals surface area contributed by atoms with Gasteiger partial charge in [-0.15, -0.1) is 0 Å². The fourth-order valence-corrected chi connectivity index (χ4v) is 4.56. The van der Waals surface area contributed by atoms with Crippen molar-refractivity contribution in [3.05, 3.63) is 26.8 Å². The maximum absolute atomic E-state index is 5.97. The second-order valence-corrected chi connectivity index (χ2v) is 7.45. The Morgan fingerprint density at radius 3 is 2.84 bits per heavy atom. The molecule has 0 aromatic heterocycles. The van der Waals surface area contributed by atoms with E-state index in [1.807, 2.05) is 30.0 Å². The molecule has 1 unspecified atom stereocenters. The van der Waals surface area contributed by atoms with Crippen LogP contribution in [-0.2, 0) is 0 Å². The molecule has 1 aliphatic rings. The Kier molecular flexibility index (Phi) is 5.84. The van der Waals surface area contributed by atoms with Crippen molar-refractivity contribution in [3.63, 3.8) is 0 Å². The first-order valence-corrected chi connectivity index (χ1v) is 8.90. The third-order valence-electron chi connectivity index (χ3n) is 3.43. The number of halogens is 2. The molecule has 0 aliphatic carbocycles. The van der Waals surface area contributed by atoms with Crippen molar-refractivity contribution >= 4 is 56.8 Å². The van der Waals surface area contributed by atoms with Crippen LogP contribution < -0.4 is 5.32 Å². The average molecular weight is 409 g/mol. The zero-order chi connectivity index (χ0) is 13.8. The summed E-state index contributed by atoms with van der Waals surface area (Å²) in [4.78, 5) is 4.62. The van der Waals surface area contributed by atoms with E-state index in [1.165, 1.54) is 12.8 Å². The molecule has 1 atom stereocenters. The minimum Gasteiger partial charge on any atom is -0.334 e. The van der Waals surface area contributed by atoms with Gasteiger partial charge in [0, 0.05) is 13.8 Å². The molecule has 19 heavy (non-hydrogen) atoms. The summed E-state index contributed by atoms with van der Waals surface area (Å²) in [6, 6.07) is 5.88. The Bertz CT molecular complexity index is 475. The first-order valence-electron chi connectivity index (χ1n) is 6.57. The van der Waals surface area contributed by atoms with Gasteiger partial charge in [-0.3, -0.25) is 4.99 Å². The van der Waals surface area contributed by atoms with Crippen LogP contribution in [0.1, 0.15) is 26.7 Å². The lowest BCUT2D eigenvalue weighted by Gasteiger charge is -2.18. The highest BCUT2D eigenvalue weighted by Crippen LogP contribution is 2.32. The summed E-state index contributed by atoms with van der Waals surface area (Å²) in [5, 5.41) is 5.85. The van der Waals surface area contributed by atoms with Crippen LogP contribution in [0, 0.1) is 9.49 Å². The Hall–Kier alpha value is 0.0600. The molecule has 1 heterocycles. The number of thioether (sulfide) groups is 1. The fraction of sp³-hybridized carbons (Fsp3) is 0.500. The molecule has 1 aromatic rings. The van der Waals surface area contributed by atoms with Crippen LogP contribution in [0.15, 0.2) is 23.2 Å². The molecular weight excluding hydrogens is 391 g/mol. The van der Waals surface area contributed by atoms with Gasteiger partial charge in [0.2, 0.25) is 0 Å². The van der Waals surface area contributed by atoms with E-state index in [4.69, 9.17) is 11.6 Å². The van der Waals surface area contributed by atoms with Crippen LogP contribution >= 0.6 is 46.0 Å². The lowest BCUT2D eigenvalue weighted by Crippen LogP contribution is -2.17. The molecule has 1 aliphatic heterocycles. The number of benzene rings is 1. The summed E-state index contributed by atoms with van der Waals surface area (Å²) in [7, 11) is 0. The van der Waals surface area contributed by atoms with E-state index in [0.717, 1.165) is 31.9 Å². The van der Waals surface area contributed by atoms with E-state index < -0.39 is 0 Å². The minimum absolute atomic E-state index is 0.627. The number of amidine groups is 1. The zero-order valence-electron chi connectivity index (χ0n) is 11.1. The molecule has 5 heteroatoms. The average Bonchev–Trinajstić information content (AvgIpc) is 2.83. The third-order valence-corrected chi connectivity index (χ3v) is 5.84. The summed E-state index contributed by atoms with van der Waals surface area (Å²) >= 11 is 10.1. The first-order chi connectivity index (χ1) is 9.13. The number of hydrogen-bond donors (Lipinski definition) is 1. The van der Waals surface area contributed by atoms with Crippen LogP contribution in [0.3, 0.4) is 0 Å². The summed E-state index contributed by atoms with van der Waals surface area (Å²) < 4.78 is 1.12. The van der Waals surface area contributed by atoms with Gasteiger partial charge in [0.25, 0.3) is 0 Å². The van der Waals surface area contributed by atoms with Gasteiger partial charge in [0.05, 0.1) is 12.2 Å². The number of hydrogen-bond acceptors (Lipinski definition) is 3. The molecule has 0 amide bonds. The molecular formula is C14H18ClIN2S. The quantitative estimate of drug-likeness (QED) is 0.687. The maximum atomic E-state index is 5.97. The molecule has 0 saturated carbocycles. The highest BCUT2D eigenvalue weighted by Gasteiger charge is 2.26. The molecule has 0 spiro atoms. The van der Waals surface area contributed by atoms with E-state index in [9.17, 15) is 0 Å². The van der Waals surface area contributed by atoms with E-state index in [2.05, 4.69) is 46.7 Å². The van der Waals surface area contributed by atoms with Crippen LogP contribution in [0.4, 0.5) is 5.69 Å². The van der Waals surface area contributed by atoms with Gasteiger partial charge in [-0.1, -0.05) is 50.1 Å². The fourth-order valence-electron chi connectivity index (χ4n) is 2.23. The van der Waals surface area contributed by atoms with Crippen molar-refractivity contribution in [3.8, 4) is 0 Å². The normalized spacial score (nSPS) is 18.8. The Labute approximate surface area is 137 Å². The standard InChI is InChI=1S/C14H18ClIN2S/c1-3-9(4-2)13-8-17-14(19-13)18-12-6-5-10(15)7-11(12)16/h5-7,9,13H,3-4,8H2,1-2H3,(H,17,18). The number of anilines is 1. The van der Waals surface area contributed by atoms with Gasteiger partial charge in [-0.25, -0.2) is 0 Å². The van der Waals surface area contributed by atoms with Crippen LogP contribution in [0.2, 0.25) is 5.02 Å². The van der Waals surface area contributed by atoms with E-state index in [1.54, 1.807) is 0 Å². The van der Waals surface area contributed by atoms with Crippen molar-refractivity contribution in [1.29, 1.82) is 0 Å². The number of aliphatic imine (C=N–C) groups is 1. The Morgan fingerprint density at radius 2 is 2.21 bits per heavy atom. The summed E-state index contributed by atoms with van der Waals surface area (Å²) in [6.45, 7) is 5.47. The van der Waals surface area contributed by atoms with Crippen molar-refractivity contribution in [2.45, 2.75) is 31.9 Å². The van der Waals surface area contributed by atoms with Gasteiger partial charge >= 0.3 is 0 Å². The number of rotatable bonds is 4. The monoisotopic (exact) mass is 408 g/mol. The maximum Gasteiger partial charge on any atom is 0.161 e. The second kappa shape index (κ2) is 7.18. The molecule has 0 fully saturated rings. The molecule has 2 nitrogen and oxygen atoms in total. The molecule has 0 radical (unpaired) electrons. The highest BCUT2D eigenvalue weighted by molar-refractivity contribution is 14.1. The molecule has 1 aromatic carbocycles. The molecule has 1 N–H and O–H groups in total. The van der Waals surface area contributed by atoms with Crippen LogP contribution in [0.25, 0.3) is 0 Å². The lowest BCUT2D eigenvalue weighted by molar-refractivity contribution is 0.479. The number of nitrogens with zero attached hydrogens (tertiary/aromatic N) is 1. The molecule has 0 saturated heterocycles. The van der Waals surface area contributed by atoms with Gasteiger partial charge in [-0.05, 0) is 46.7 Å². The molecule has 0 bridgehead atoms. The van der Waals surface area contributed by atoms with E-state index >= 15 is 0 Å². The Balaban J connectivity index is 1.98. The van der Waals surface area contributed by atoms with Crippen LogP contribution in [0.5, 0.6) is 0 Å². The predicted molar refractivity (Wildman–Crippen MR) is 95.5 cm³/mol. The Morgan fingerprint density at radius 1 is 1.47 bits per heavy atom. The lowest BCUT2D eigenvalue weighted by atomic mass is 9.99. The predicted octanol–water partition coefficient (Wildman–Crippen LogP) is 5.26. The topological polar surface area (TPSA) is 24.4 Å². The molecule has 104 valence electrons. The first kappa shape index (κ1) is 15.4. The van der Waals surface area contributed by atoms with Gasteiger partial charge in [0.15, 0.2) is 5.17 Å². The van der Waals surface area contributed by atoms with E-state index in [0.29, 0.717) is 5.25 Å². The van der Waals surface area contributed by atoms with Gasteiger partial charge in [-0.2, -0.15) is 0 Å². The van der Waals surface area contributed by atoms with Gasteiger partial charge in [0.1, 0.15) is 0 Å². The summed E-state index contributed by atoms with van der Waals surface area (Å²) in [5.41, 5.74) is 1.08. The SMILES string of the molecule is CCC(CC)C1CN=C(Nc2ccc(Cl)cc2I)S1. The number of nitrogens with one attached hydrogen (secondary N) is 1. The minimum atomic E-state index is 0.627. The zero-order valence-corrected chi connectivity index (χ0v) is 14.8. The van der Waals surface area contributed by atoms with Crippen molar-refractivity contribution < 1.29 is 0 Å². The highest BCUT2D eigenvalue weighted by atomic mass is 127. The smallest absolute Gasteiger partial charge is 0.161 e. The second-order valence-electron chi connectivity index (χ2n) is 4.63.